The summed E-state index contributed by atoms with van der Waals surface area (Å²) in [4.78, 5) is 25.7. The third kappa shape index (κ3) is 2.98. The van der Waals surface area contributed by atoms with Crippen LogP contribution >= 0.6 is 0 Å². The van der Waals surface area contributed by atoms with Crippen LogP contribution < -0.4 is 5.32 Å². The van der Waals surface area contributed by atoms with Crippen LogP contribution in [0, 0.1) is 11.3 Å². The molecule has 1 N–H and O–H groups in total. The van der Waals surface area contributed by atoms with Gasteiger partial charge in [-0.3, -0.25) is 14.5 Å². The van der Waals surface area contributed by atoms with E-state index in [2.05, 4.69) is 5.32 Å². The molecule has 0 aromatic carbocycles. The van der Waals surface area contributed by atoms with E-state index in [0.717, 1.165) is 26.2 Å². The van der Waals surface area contributed by atoms with Crippen LogP contribution in [0.25, 0.3) is 0 Å². The number of ether oxygens (including phenoxy) is 1. The molecule has 0 aliphatic carbocycles. The fourth-order valence-electron chi connectivity index (χ4n) is 2.92. The Labute approximate surface area is 114 Å². The topological polar surface area (TPSA) is 58.6 Å². The van der Waals surface area contributed by atoms with Crippen LogP contribution in [0.5, 0.6) is 0 Å². The number of imide groups is 1. The van der Waals surface area contributed by atoms with E-state index in [-0.39, 0.29) is 17.9 Å². The van der Waals surface area contributed by atoms with Crippen LogP contribution in [-0.4, -0.2) is 49.1 Å². The molecule has 2 aliphatic heterocycles. The molecule has 0 spiro atoms. The average molecular weight is 268 g/mol. The van der Waals surface area contributed by atoms with Gasteiger partial charge in [-0.05, 0) is 13.0 Å². The van der Waals surface area contributed by atoms with Gasteiger partial charge in [-0.15, -0.1) is 0 Å². The molecule has 0 aromatic rings. The minimum absolute atomic E-state index is 0.0423. The smallest absolute Gasteiger partial charge is 0.235 e. The molecular formula is C14H24N2O3. The van der Waals surface area contributed by atoms with E-state index >= 15 is 0 Å². The zero-order chi connectivity index (χ0) is 14.0. The van der Waals surface area contributed by atoms with Gasteiger partial charge in [0.25, 0.3) is 0 Å². The first-order valence-corrected chi connectivity index (χ1v) is 7.11. The van der Waals surface area contributed by atoms with Crippen LogP contribution in [0.2, 0.25) is 0 Å². The fraction of sp³-hybridized carbons (Fsp3) is 0.857. The van der Waals surface area contributed by atoms with Gasteiger partial charge in [0.15, 0.2) is 0 Å². The zero-order valence-corrected chi connectivity index (χ0v) is 12.1. The van der Waals surface area contributed by atoms with Crippen molar-refractivity contribution in [1.82, 2.24) is 10.2 Å². The van der Waals surface area contributed by atoms with Crippen molar-refractivity contribution in [2.75, 3.05) is 26.3 Å². The molecule has 2 unspecified atom stereocenters. The summed E-state index contributed by atoms with van der Waals surface area (Å²) in [6.07, 6.45) is 1.32. The molecule has 108 valence electrons. The molecular weight excluding hydrogens is 244 g/mol. The van der Waals surface area contributed by atoms with Gasteiger partial charge in [-0.2, -0.15) is 0 Å². The second-order valence-electron chi connectivity index (χ2n) is 6.16. The number of hydrogen-bond donors (Lipinski definition) is 1. The highest BCUT2D eigenvalue weighted by molar-refractivity contribution is 6.05. The first-order chi connectivity index (χ1) is 8.95. The summed E-state index contributed by atoms with van der Waals surface area (Å²) in [5.74, 6) is 0.306. The molecule has 0 aromatic heterocycles. The molecule has 2 atom stereocenters. The fourth-order valence-corrected chi connectivity index (χ4v) is 2.92. The second kappa shape index (κ2) is 5.59. The van der Waals surface area contributed by atoms with Gasteiger partial charge in [0.05, 0.1) is 12.0 Å². The third-order valence-electron chi connectivity index (χ3n) is 4.10. The molecule has 0 bridgehead atoms. The van der Waals surface area contributed by atoms with Crippen molar-refractivity contribution < 1.29 is 14.3 Å². The number of hydrogen-bond acceptors (Lipinski definition) is 4. The summed E-state index contributed by atoms with van der Waals surface area (Å²) < 4.78 is 5.42. The highest BCUT2D eigenvalue weighted by Gasteiger charge is 2.45. The van der Waals surface area contributed by atoms with Crippen molar-refractivity contribution in [1.29, 1.82) is 0 Å². The highest BCUT2D eigenvalue weighted by Crippen LogP contribution is 2.32. The average Bonchev–Trinajstić information content (AvgIpc) is 2.91. The maximum absolute atomic E-state index is 12.2. The van der Waals surface area contributed by atoms with Gasteiger partial charge in [-0.1, -0.05) is 20.8 Å². The lowest BCUT2D eigenvalue weighted by Crippen LogP contribution is -2.48. The van der Waals surface area contributed by atoms with E-state index in [1.165, 1.54) is 4.90 Å². The molecule has 5 nitrogen and oxygen atoms in total. The molecule has 0 radical (unpaired) electrons. The molecule has 0 saturated carbocycles. The SMILES string of the molecule is CCNC(CN1C(=O)CC(C)(C)C1=O)C1CCOC1. The van der Waals surface area contributed by atoms with Crippen molar-refractivity contribution in [2.24, 2.45) is 11.3 Å². The lowest BCUT2D eigenvalue weighted by atomic mass is 9.92. The summed E-state index contributed by atoms with van der Waals surface area (Å²) in [5.41, 5.74) is -0.542. The number of nitrogens with zero attached hydrogens (tertiary/aromatic N) is 1. The van der Waals surface area contributed by atoms with Gasteiger partial charge < -0.3 is 10.1 Å². The van der Waals surface area contributed by atoms with E-state index < -0.39 is 5.41 Å². The Balaban J connectivity index is 2.04. The minimum atomic E-state index is -0.542. The van der Waals surface area contributed by atoms with E-state index in [4.69, 9.17) is 4.74 Å². The maximum Gasteiger partial charge on any atom is 0.235 e. The molecule has 2 heterocycles. The predicted molar refractivity (Wildman–Crippen MR) is 71.5 cm³/mol. The van der Waals surface area contributed by atoms with Gasteiger partial charge in [-0.25, -0.2) is 0 Å². The van der Waals surface area contributed by atoms with Gasteiger partial charge in [0, 0.05) is 31.5 Å². The molecule has 19 heavy (non-hydrogen) atoms. The first kappa shape index (κ1) is 14.5. The molecule has 2 amide bonds. The van der Waals surface area contributed by atoms with Gasteiger partial charge in [0.1, 0.15) is 0 Å². The van der Waals surface area contributed by atoms with E-state index in [1.807, 2.05) is 20.8 Å². The van der Waals surface area contributed by atoms with Crippen LogP contribution in [0.3, 0.4) is 0 Å². The number of carbonyl (C=O) groups excluding carboxylic acids is 2. The lowest BCUT2D eigenvalue weighted by Gasteiger charge is -2.28. The Morgan fingerprint density at radius 2 is 2.21 bits per heavy atom. The maximum atomic E-state index is 12.2. The molecule has 2 saturated heterocycles. The summed E-state index contributed by atoms with van der Waals surface area (Å²) in [6.45, 7) is 8.53. The first-order valence-electron chi connectivity index (χ1n) is 7.11. The standard InChI is InChI=1S/C14H24N2O3/c1-4-15-11(10-5-6-19-9-10)8-16-12(17)7-14(2,3)13(16)18/h10-11,15H,4-9H2,1-3H3. The van der Waals surface area contributed by atoms with Crippen molar-refractivity contribution in [2.45, 2.75) is 39.7 Å². The molecule has 5 heteroatoms. The largest absolute Gasteiger partial charge is 0.381 e. The Morgan fingerprint density at radius 1 is 1.47 bits per heavy atom. The van der Waals surface area contributed by atoms with Gasteiger partial charge in [0.2, 0.25) is 11.8 Å². The summed E-state index contributed by atoms with van der Waals surface area (Å²) >= 11 is 0. The Bertz CT molecular complexity index is 362. The van der Waals surface area contributed by atoms with Gasteiger partial charge >= 0.3 is 0 Å². The number of nitrogens with one attached hydrogen (secondary N) is 1. The van der Waals surface area contributed by atoms with Crippen LogP contribution in [0.15, 0.2) is 0 Å². The number of amides is 2. The minimum Gasteiger partial charge on any atom is -0.381 e. The number of rotatable bonds is 5. The van der Waals surface area contributed by atoms with Crippen LogP contribution in [0.1, 0.15) is 33.6 Å². The van der Waals surface area contributed by atoms with Crippen LogP contribution in [0.4, 0.5) is 0 Å². The van der Waals surface area contributed by atoms with Crippen molar-refractivity contribution in [3.05, 3.63) is 0 Å². The number of carbonyl (C=O) groups is 2. The van der Waals surface area contributed by atoms with Crippen molar-refractivity contribution in [3.63, 3.8) is 0 Å². The van der Waals surface area contributed by atoms with Crippen LogP contribution in [-0.2, 0) is 14.3 Å². The van der Waals surface area contributed by atoms with Crippen molar-refractivity contribution in [3.8, 4) is 0 Å². The van der Waals surface area contributed by atoms with E-state index in [0.29, 0.717) is 18.9 Å². The predicted octanol–water partition coefficient (Wildman–Crippen LogP) is 0.786. The van der Waals surface area contributed by atoms with E-state index in [9.17, 15) is 9.59 Å². The Kier molecular flexibility index (Phi) is 4.26. The number of likely N-dealkylation sites (tertiary alicyclic amines) is 1. The normalized spacial score (nSPS) is 28.2. The molecule has 2 fully saturated rings. The third-order valence-corrected chi connectivity index (χ3v) is 4.10. The highest BCUT2D eigenvalue weighted by atomic mass is 16.5. The Hall–Kier alpha value is -0.940. The lowest BCUT2D eigenvalue weighted by molar-refractivity contribution is -0.141. The van der Waals surface area contributed by atoms with Crippen molar-refractivity contribution >= 4 is 11.8 Å². The monoisotopic (exact) mass is 268 g/mol. The summed E-state index contributed by atoms with van der Waals surface area (Å²) in [5, 5.41) is 3.39. The van der Waals surface area contributed by atoms with E-state index in [1.54, 1.807) is 0 Å². The number of likely N-dealkylation sites (N-methyl/N-ethyl adjacent to an activating group) is 1. The summed E-state index contributed by atoms with van der Waals surface area (Å²) in [7, 11) is 0. The second-order valence-corrected chi connectivity index (χ2v) is 6.16. The quantitative estimate of drug-likeness (QED) is 0.749. The molecule has 2 aliphatic rings. The summed E-state index contributed by atoms with van der Waals surface area (Å²) in [6, 6.07) is 0.147. The Morgan fingerprint density at radius 3 is 2.68 bits per heavy atom. The molecule has 2 rings (SSSR count). The zero-order valence-electron chi connectivity index (χ0n) is 12.1.